The number of para-hydroxylation sites is 2. The van der Waals surface area contributed by atoms with E-state index in [1.54, 1.807) is 0 Å². The highest BCUT2D eigenvalue weighted by atomic mass is 32.2. The van der Waals surface area contributed by atoms with Gasteiger partial charge in [0, 0.05) is 11.6 Å². The minimum absolute atomic E-state index is 0.108. The lowest BCUT2D eigenvalue weighted by atomic mass is 10.2. The van der Waals surface area contributed by atoms with E-state index in [9.17, 15) is 4.79 Å². The van der Waals surface area contributed by atoms with Crippen molar-refractivity contribution < 1.29 is 9.21 Å². The van der Waals surface area contributed by atoms with Crippen LogP contribution in [-0.4, -0.2) is 31.4 Å². The van der Waals surface area contributed by atoms with Crippen LogP contribution in [-0.2, 0) is 4.79 Å². The lowest BCUT2D eigenvalue weighted by molar-refractivity contribution is -0.113. The number of imidazole rings is 1. The zero-order chi connectivity index (χ0) is 20.4. The number of rotatable bonds is 6. The molecule has 0 saturated carbocycles. The van der Waals surface area contributed by atoms with E-state index in [2.05, 4.69) is 51.3 Å². The molecule has 148 valence electrons. The zero-order valence-corrected chi connectivity index (χ0v) is 17.2. The number of nitrogens with one attached hydrogen (secondary N) is 1. The Morgan fingerprint density at radius 3 is 2.62 bits per heavy atom. The van der Waals surface area contributed by atoms with Gasteiger partial charge in [-0.2, -0.15) is 0 Å². The van der Waals surface area contributed by atoms with E-state index in [4.69, 9.17) is 9.40 Å². The normalized spacial score (nSPS) is 11.3. The van der Waals surface area contributed by atoms with Crippen molar-refractivity contribution in [1.82, 2.24) is 19.7 Å². The van der Waals surface area contributed by atoms with Crippen LogP contribution in [0.4, 0.5) is 6.01 Å². The molecule has 0 aliphatic heterocycles. The number of thioether (sulfide) groups is 1. The standard InChI is InChI=1S/C21H21N5O2S/c1-13(2)19-24-25-20(28-19)23-18(27)12-29-21-22-16-6-4-5-7-17(16)26(21)15-10-8-14(3)9-11-15/h4-11,13H,12H2,1-3H3,(H,23,25,27). The van der Waals surface area contributed by atoms with E-state index in [-0.39, 0.29) is 23.6 Å². The summed E-state index contributed by atoms with van der Waals surface area (Å²) in [5, 5.41) is 11.2. The molecule has 4 rings (SSSR count). The number of carbonyl (C=O) groups excluding carboxylic acids is 1. The van der Waals surface area contributed by atoms with Crippen LogP contribution in [0.25, 0.3) is 16.7 Å². The van der Waals surface area contributed by atoms with Gasteiger partial charge in [0.05, 0.1) is 16.8 Å². The van der Waals surface area contributed by atoms with E-state index in [1.807, 2.05) is 38.1 Å². The van der Waals surface area contributed by atoms with Crippen LogP contribution in [0.5, 0.6) is 0 Å². The van der Waals surface area contributed by atoms with E-state index in [1.165, 1.54) is 17.3 Å². The quantitative estimate of drug-likeness (QED) is 0.471. The van der Waals surface area contributed by atoms with Crippen LogP contribution in [0, 0.1) is 6.92 Å². The number of carbonyl (C=O) groups is 1. The molecular weight excluding hydrogens is 386 g/mol. The maximum absolute atomic E-state index is 12.4. The van der Waals surface area contributed by atoms with Gasteiger partial charge in [-0.3, -0.25) is 14.7 Å². The summed E-state index contributed by atoms with van der Waals surface area (Å²) in [5.74, 6) is 0.553. The Morgan fingerprint density at radius 1 is 1.14 bits per heavy atom. The average Bonchev–Trinajstić information content (AvgIpc) is 3.31. The summed E-state index contributed by atoms with van der Waals surface area (Å²) in [6.45, 7) is 5.95. The molecule has 0 saturated heterocycles. The molecule has 2 heterocycles. The van der Waals surface area contributed by atoms with Gasteiger partial charge in [0.2, 0.25) is 11.8 Å². The predicted molar refractivity (Wildman–Crippen MR) is 114 cm³/mol. The highest BCUT2D eigenvalue weighted by Gasteiger charge is 2.16. The number of anilines is 1. The maximum atomic E-state index is 12.4. The molecule has 0 spiro atoms. The minimum atomic E-state index is -0.225. The molecule has 2 aromatic heterocycles. The second-order valence-corrected chi connectivity index (χ2v) is 7.93. The first-order valence-electron chi connectivity index (χ1n) is 9.32. The van der Waals surface area contributed by atoms with Gasteiger partial charge in [-0.1, -0.05) is 60.5 Å². The molecule has 0 atom stereocenters. The minimum Gasteiger partial charge on any atom is -0.408 e. The predicted octanol–water partition coefficient (Wildman–Crippen LogP) is 4.57. The Kier molecular flexibility index (Phi) is 5.35. The van der Waals surface area contributed by atoms with Crippen LogP contribution in [0.1, 0.15) is 31.2 Å². The summed E-state index contributed by atoms with van der Waals surface area (Å²) >= 11 is 1.36. The Bertz CT molecular complexity index is 1150. The van der Waals surface area contributed by atoms with Crippen molar-refractivity contribution >= 4 is 34.7 Å². The molecule has 29 heavy (non-hydrogen) atoms. The van der Waals surface area contributed by atoms with Gasteiger partial charge >= 0.3 is 6.01 Å². The second kappa shape index (κ2) is 8.08. The van der Waals surface area contributed by atoms with Gasteiger partial charge in [0.25, 0.3) is 0 Å². The molecule has 1 amide bonds. The van der Waals surface area contributed by atoms with Gasteiger partial charge in [0.15, 0.2) is 5.16 Å². The molecular formula is C21H21N5O2S. The summed E-state index contributed by atoms with van der Waals surface area (Å²) in [5.41, 5.74) is 4.07. The van der Waals surface area contributed by atoms with Gasteiger partial charge < -0.3 is 4.42 Å². The number of aryl methyl sites for hydroxylation is 1. The van der Waals surface area contributed by atoms with Gasteiger partial charge in [0.1, 0.15) is 0 Å². The summed E-state index contributed by atoms with van der Waals surface area (Å²) in [7, 11) is 0. The Morgan fingerprint density at radius 2 is 1.90 bits per heavy atom. The third-order valence-electron chi connectivity index (χ3n) is 4.34. The number of amides is 1. The first-order valence-corrected chi connectivity index (χ1v) is 10.3. The molecule has 7 nitrogen and oxygen atoms in total. The van der Waals surface area contributed by atoms with E-state index >= 15 is 0 Å². The van der Waals surface area contributed by atoms with Crippen LogP contribution >= 0.6 is 11.8 Å². The summed E-state index contributed by atoms with van der Waals surface area (Å²) in [6, 6.07) is 16.3. The van der Waals surface area contributed by atoms with Crippen LogP contribution in [0.3, 0.4) is 0 Å². The molecule has 4 aromatic rings. The SMILES string of the molecule is Cc1ccc(-n2c(SCC(=O)Nc3nnc(C(C)C)o3)nc3ccccc32)cc1. The molecule has 0 aliphatic carbocycles. The first kappa shape index (κ1) is 19.2. The van der Waals surface area contributed by atoms with Gasteiger partial charge in [-0.05, 0) is 31.2 Å². The van der Waals surface area contributed by atoms with Gasteiger partial charge in [-0.15, -0.1) is 5.10 Å². The number of aromatic nitrogens is 4. The summed E-state index contributed by atoms with van der Waals surface area (Å²) < 4.78 is 7.50. The monoisotopic (exact) mass is 407 g/mol. The van der Waals surface area contributed by atoms with Crippen LogP contribution in [0.2, 0.25) is 0 Å². The fourth-order valence-electron chi connectivity index (χ4n) is 2.85. The number of benzene rings is 2. The Balaban J connectivity index is 1.55. The van der Waals surface area contributed by atoms with Crippen LogP contribution in [0.15, 0.2) is 58.1 Å². The molecule has 1 N–H and O–H groups in total. The van der Waals surface area contributed by atoms with Crippen LogP contribution < -0.4 is 5.32 Å². The molecule has 2 aromatic carbocycles. The van der Waals surface area contributed by atoms with Crippen molar-refractivity contribution in [3.05, 3.63) is 60.0 Å². The van der Waals surface area contributed by atoms with Gasteiger partial charge in [-0.25, -0.2) is 4.98 Å². The molecule has 0 radical (unpaired) electrons. The average molecular weight is 407 g/mol. The van der Waals surface area contributed by atoms with Crippen molar-refractivity contribution in [3.8, 4) is 5.69 Å². The lowest BCUT2D eigenvalue weighted by Crippen LogP contribution is -2.14. The molecule has 0 fully saturated rings. The van der Waals surface area contributed by atoms with Crippen molar-refractivity contribution in [3.63, 3.8) is 0 Å². The fourth-order valence-corrected chi connectivity index (χ4v) is 3.68. The third-order valence-corrected chi connectivity index (χ3v) is 5.27. The van der Waals surface area contributed by atoms with E-state index < -0.39 is 0 Å². The number of nitrogens with zero attached hydrogens (tertiary/aromatic N) is 4. The highest BCUT2D eigenvalue weighted by molar-refractivity contribution is 7.99. The second-order valence-electron chi connectivity index (χ2n) is 6.99. The summed E-state index contributed by atoms with van der Waals surface area (Å²) in [6.07, 6.45) is 0. The van der Waals surface area contributed by atoms with Crippen molar-refractivity contribution in [1.29, 1.82) is 0 Å². The van der Waals surface area contributed by atoms with E-state index in [0.717, 1.165) is 21.9 Å². The lowest BCUT2D eigenvalue weighted by Gasteiger charge is -2.09. The molecule has 0 unspecified atom stereocenters. The number of fused-ring (bicyclic) bond motifs is 1. The van der Waals surface area contributed by atoms with Crippen molar-refractivity contribution in [2.75, 3.05) is 11.1 Å². The topological polar surface area (TPSA) is 85.8 Å². The Labute approximate surface area is 172 Å². The van der Waals surface area contributed by atoms with Crippen molar-refractivity contribution in [2.45, 2.75) is 31.8 Å². The Hall–Kier alpha value is -3.13. The summed E-state index contributed by atoms with van der Waals surface area (Å²) in [4.78, 5) is 17.1. The molecule has 0 bridgehead atoms. The fraction of sp³-hybridized carbons (Fsp3) is 0.238. The molecule has 0 aliphatic rings. The maximum Gasteiger partial charge on any atom is 0.322 e. The molecule has 8 heteroatoms. The number of hydrogen-bond donors (Lipinski definition) is 1. The van der Waals surface area contributed by atoms with E-state index in [0.29, 0.717) is 5.89 Å². The number of hydrogen-bond acceptors (Lipinski definition) is 6. The van der Waals surface area contributed by atoms with Crippen molar-refractivity contribution in [2.24, 2.45) is 0 Å². The highest BCUT2D eigenvalue weighted by Crippen LogP contribution is 2.28. The largest absolute Gasteiger partial charge is 0.408 e. The first-order chi connectivity index (χ1) is 14.0. The zero-order valence-electron chi connectivity index (χ0n) is 16.4. The smallest absolute Gasteiger partial charge is 0.322 e. The third kappa shape index (κ3) is 4.17.